The summed E-state index contributed by atoms with van der Waals surface area (Å²) < 4.78 is 1.64. The van der Waals surface area contributed by atoms with Gasteiger partial charge in [-0.2, -0.15) is 5.10 Å². The highest BCUT2D eigenvalue weighted by Gasteiger charge is 2.12. The zero-order valence-corrected chi connectivity index (χ0v) is 10.7. The number of pyridine rings is 1. The molecule has 0 unspecified atom stereocenters. The molecule has 2 N–H and O–H groups in total. The minimum absolute atomic E-state index is 0.232. The molecule has 3 rings (SSSR count). The highest BCUT2D eigenvalue weighted by atomic mass is 35.5. The molecule has 0 bridgehead atoms. The third-order valence-corrected chi connectivity index (χ3v) is 3.20. The molecule has 1 aromatic carbocycles. The van der Waals surface area contributed by atoms with Gasteiger partial charge in [0.2, 0.25) is 0 Å². The maximum absolute atomic E-state index is 6.13. The number of para-hydroxylation sites is 1. The molecule has 18 heavy (non-hydrogen) atoms. The summed E-state index contributed by atoms with van der Waals surface area (Å²) in [5, 5.41) is 6.01. The van der Waals surface area contributed by atoms with Crippen molar-refractivity contribution in [2.24, 2.45) is 0 Å². The highest BCUT2D eigenvalue weighted by molar-refractivity contribution is 6.36. The number of rotatable bonds is 1. The molecule has 0 atom stereocenters. The Hall–Kier alpha value is -1.78. The SMILES string of the molecule is Nc1nc(-n2ncc3ccccc32)c(Cl)cc1Cl. The summed E-state index contributed by atoms with van der Waals surface area (Å²) in [6.45, 7) is 0. The zero-order valence-electron chi connectivity index (χ0n) is 9.14. The van der Waals surface area contributed by atoms with E-state index in [1.54, 1.807) is 16.9 Å². The molecule has 0 amide bonds. The molecule has 3 aromatic rings. The van der Waals surface area contributed by atoms with Gasteiger partial charge in [0.15, 0.2) is 5.82 Å². The van der Waals surface area contributed by atoms with Crippen molar-refractivity contribution in [1.82, 2.24) is 14.8 Å². The van der Waals surface area contributed by atoms with Gasteiger partial charge in [-0.05, 0) is 12.1 Å². The molecule has 0 spiro atoms. The smallest absolute Gasteiger partial charge is 0.175 e. The van der Waals surface area contributed by atoms with Crippen LogP contribution in [-0.2, 0) is 0 Å². The summed E-state index contributed by atoms with van der Waals surface area (Å²) in [6.07, 6.45) is 1.75. The Bertz CT molecular complexity index is 736. The van der Waals surface area contributed by atoms with E-state index in [1.807, 2.05) is 24.3 Å². The van der Waals surface area contributed by atoms with E-state index in [0.717, 1.165) is 10.9 Å². The molecule has 0 aliphatic rings. The molecular formula is C12H8Cl2N4. The average Bonchev–Trinajstić information content (AvgIpc) is 2.78. The fourth-order valence-corrected chi connectivity index (χ4v) is 2.20. The van der Waals surface area contributed by atoms with Crippen LogP contribution in [0.25, 0.3) is 16.7 Å². The van der Waals surface area contributed by atoms with Crippen LogP contribution in [0, 0.1) is 0 Å². The van der Waals surface area contributed by atoms with Crippen LogP contribution in [0.4, 0.5) is 5.82 Å². The predicted octanol–water partition coefficient (Wildman–Crippen LogP) is 3.31. The van der Waals surface area contributed by atoms with Crippen LogP contribution in [0.5, 0.6) is 0 Å². The first-order valence-corrected chi connectivity index (χ1v) is 5.97. The van der Waals surface area contributed by atoms with Gasteiger partial charge in [0, 0.05) is 5.39 Å². The first-order chi connectivity index (χ1) is 8.66. The molecule has 0 saturated heterocycles. The van der Waals surface area contributed by atoms with Crippen molar-refractivity contribution in [2.75, 3.05) is 5.73 Å². The van der Waals surface area contributed by atoms with Crippen molar-refractivity contribution in [3.05, 3.63) is 46.6 Å². The van der Waals surface area contributed by atoms with Gasteiger partial charge in [0.25, 0.3) is 0 Å². The van der Waals surface area contributed by atoms with Gasteiger partial charge in [-0.1, -0.05) is 41.4 Å². The minimum atomic E-state index is 0.232. The van der Waals surface area contributed by atoms with Crippen LogP contribution < -0.4 is 5.73 Å². The van der Waals surface area contributed by atoms with Gasteiger partial charge in [-0.25, -0.2) is 9.67 Å². The van der Waals surface area contributed by atoms with Crippen LogP contribution >= 0.6 is 23.2 Å². The molecule has 0 aliphatic carbocycles. The summed E-state index contributed by atoms with van der Waals surface area (Å²) in [7, 11) is 0. The first-order valence-electron chi connectivity index (χ1n) is 5.21. The summed E-state index contributed by atoms with van der Waals surface area (Å²) in [5.74, 6) is 0.704. The molecule has 2 heterocycles. The molecule has 2 aromatic heterocycles. The third-order valence-electron chi connectivity index (χ3n) is 2.62. The molecule has 0 radical (unpaired) electrons. The number of aromatic nitrogens is 3. The summed E-state index contributed by atoms with van der Waals surface area (Å²) >= 11 is 12.0. The van der Waals surface area contributed by atoms with Crippen molar-refractivity contribution in [1.29, 1.82) is 0 Å². The van der Waals surface area contributed by atoms with Gasteiger partial charge < -0.3 is 5.73 Å². The Labute approximate surface area is 113 Å². The fraction of sp³-hybridized carbons (Fsp3) is 0. The van der Waals surface area contributed by atoms with Crippen LogP contribution in [-0.4, -0.2) is 14.8 Å². The lowest BCUT2D eigenvalue weighted by Crippen LogP contribution is -2.03. The summed E-state index contributed by atoms with van der Waals surface area (Å²) in [5.41, 5.74) is 6.61. The molecule has 0 aliphatic heterocycles. The van der Waals surface area contributed by atoms with E-state index >= 15 is 0 Å². The van der Waals surface area contributed by atoms with E-state index in [1.165, 1.54) is 0 Å². The Morgan fingerprint density at radius 1 is 1.11 bits per heavy atom. The maximum atomic E-state index is 6.13. The van der Waals surface area contributed by atoms with E-state index in [0.29, 0.717) is 15.9 Å². The van der Waals surface area contributed by atoms with Gasteiger partial charge in [0.05, 0.1) is 21.8 Å². The Morgan fingerprint density at radius 3 is 2.72 bits per heavy atom. The average molecular weight is 279 g/mol. The number of halogens is 2. The standard InChI is InChI=1S/C12H8Cl2N4/c13-8-5-9(14)12(17-11(8)15)18-10-4-2-1-3-7(10)6-16-18/h1-6H,(H2,15,17). The van der Waals surface area contributed by atoms with Crippen molar-refractivity contribution in [2.45, 2.75) is 0 Å². The van der Waals surface area contributed by atoms with E-state index < -0.39 is 0 Å². The largest absolute Gasteiger partial charge is 0.382 e. The Kier molecular flexibility index (Phi) is 2.61. The lowest BCUT2D eigenvalue weighted by molar-refractivity contribution is 0.877. The van der Waals surface area contributed by atoms with Crippen molar-refractivity contribution >= 4 is 39.9 Å². The Morgan fingerprint density at radius 2 is 1.89 bits per heavy atom. The van der Waals surface area contributed by atoms with E-state index in [4.69, 9.17) is 28.9 Å². The Balaban J connectivity index is 2.29. The van der Waals surface area contributed by atoms with Gasteiger partial charge in [0.1, 0.15) is 5.82 Å². The number of nitrogens with zero attached hydrogens (tertiary/aromatic N) is 3. The van der Waals surface area contributed by atoms with Crippen LogP contribution in [0.15, 0.2) is 36.5 Å². The normalized spacial score (nSPS) is 11.0. The number of fused-ring (bicyclic) bond motifs is 1. The number of nitrogen functional groups attached to an aromatic ring is 1. The van der Waals surface area contributed by atoms with Crippen molar-refractivity contribution in [3.8, 4) is 5.82 Å². The topological polar surface area (TPSA) is 56.7 Å². The van der Waals surface area contributed by atoms with Gasteiger partial charge in [-0.3, -0.25) is 0 Å². The molecule has 90 valence electrons. The van der Waals surface area contributed by atoms with E-state index in [9.17, 15) is 0 Å². The van der Waals surface area contributed by atoms with Crippen LogP contribution in [0.3, 0.4) is 0 Å². The predicted molar refractivity (Wildman–Crippen MR) is 73.3 cm³/mol. The molecular weight excluding hydrogens is 271 g/mol. The summed E-state index contributed by atoms with van der Waals surface area (Å²) in [6, 6.07) is 9.34. The first kappa shape index (κ1) is 11.3. The van der Waals surface area contributed by atoms with Crippen LogP contribution in [0.2, 0.25) is 10.0 Å². The number of benzene rings is 1. The highest BCUT2D eigenvalue weighted by Crippen LogP contribution is 2.28. The van der Waals surface area contributed by atoms with Gasteiger partial charge >= 0.3 is 0 Å². The quantitative estimate of drug-likeness (QED) is 0.743. The second kappa shape index (κ2) is 4.15. The van der Waals surface area contributed by atoms with Crippen molar-refractivity contribution in [3.63, 3.8) is 0 Å². The molecule has 0 saturated carbocycles. The number of nitrogens with two attached hydrogens (primary N) is 1. The lowest BCUT2D eigenvalue weighted by atomic mass is 10.2. The zero-order chi connectivity index (χ0) is 12.7. The second-order valence-corrected chi connectivity index (χ2v) is 4.59. The lowest BCUT2D eigenvalue weighted by Gasteiger charge is -2.07. The van der Waals surface area contributed by atoms with Crippen molar-refractivity contribution < 1.29 is 0 Å². The van der Waals surface area contributed by atoms with E-state index in [-0.39, 0.29) is 5.82 Å². The minimum Gasteiger partial charge on any atom is -0.382 e. The second-order valence-electron chi connectivity index (χ2n) is 3.78. The molecule has 0 fully saturated rings. The van der Waals surface area contributed by atoms with E-state index in [2.05, 4.69) is 10.1 Å². The fourth-order valence-electron chi connectivity index (χ4n) is 1.76. The number of hydrogen-bond acceptors (Lipinski definition) is 3. The molecule has 6 heteroatoms. The maximum Gasteiger partial charge on any atom is 0.175 e. The number of anilines is 1. The molecule has 4 nitrogen and oxygen atoms in total. The monoisotopic (exact) mass is 278 g/mol. The van der Waals surface area contributed by atoms with Gasteiger partial charge in [-0.15, -0.1) is 0 Å². The third kappa shape index (κ3) is 1.70. The van der Waals surface area contributed by atoms with Crippen LogP contribution in [0.1, 0.15) is 0 Å². The summed E-state index contributed by atoms with van der Waals surface area (Å²) in [4.78, 5) is 4.18. The number of hydrogen-bond donors (Lipinski definition) is 1.